The second-order valence-corrected chi connectivity index (χ2v) is 5.96. The van der Waals surface area contributed by atoms with E-state index in [-0.39, 0.29) is 11.5 Å². The van der Waals surface area contributed by atoms with Crippen molar-refractivity contribution < 1.29 is 9.21 Å². The number of aryl methyl sites for hydroxylation is 2. The molecule has 1 N–H and O–H groups in total. The molecule has 2 heterocycles. The van der Waals surface area contributed by atoms with Crippen LogP contribution in [0.1, 0.15) is 24.1 Å². The van der Waals surface area contributed by atoms with Crippen LogP contribution >= 0.6 is 0 Å². The molecule has 0 saturated carbocycles. The van der Waals surface area contributed by atoms with Crippen molar-refractivity contribution in [2.45, 2.75) is 26.8 Å². The van der Waals surface area contributed by atoms with Gasteiger partial charge in [-0.25, -0.2) is 4.68 Å². The first-order valence-corrected chi connectivity index (χ1v) is 7.97. The van der Waals surface area contributed by atoms with Gasteiger partial charge >= 0.3 is 0 Å². The van der Waals surface area contributed by atoms with E-state index in [4.69, 9.17) is 4.42 Å². The topological polar surface area (TPSA) is 77.1 Å². The maximum Gasteiger partial charge on any atom is 0.267 e. The van der Waals surface area contributed by atoms with Crippen molar-refractivity contribution in [3.63, 3.8) is 0 Å². The Morgan fingerprint density at radius 1 is 1.20 bits per heavy atom. The van der Waals surface area contributed by atoms with E-state index in [2.05, 4.69) is 10.4 Å². The molecule has 0 aliphatic heterocycles. The van der Waals surface area contributed by atoms with Crippen LogP contribution in [0.5, 0.6) is 0 Å². The Morgan fingerprint density at radius 2 is 2.00 bits per heavy atom. The Hall–Kier alpha value is -3.15. The van der Waals surface area contributed by atoms with Crippen LogP contribution in [-0.4, -0.2) is 15.7 Å². The van der Waals surface area contributed by atoms with Crippen LogP contribution < -0.4 is 10.9 Å². The molecule has 0 saturated heterocycles. The number of amides is 1. The molecule has 2 aromatic heterocycles. The monoisotopic (exact) mass is 337 g/mol. The lowest BCUT2D eigenvalue weighted by molar-refractivity contribution is -0.119. The van der Waals surface area contributed by atoms with Gasteiger partial charge in [0, 0.05) is 11.8 Å². The number of nitrogens with one attached hydrogen (secondary N) is 1. The zero-order chi connectivity index (χ0) is 18.0. The molecule has 3 rings (SSSR count). The number of carbonyl (C=O) groups excluding carboxylic acids is 1. The number of aromatic nitrogens is 2. The van der Waals surface area contributed by atoms with Crippen LogP contribution in [0.3, 0.4) is 0 Å². The molecular formula is C19H19N3O3. The first-order chi connectivity index (χ1) is 12.0. The second kappa shape index (κ2) is 6.76. The van der Waals surface area contributed by atoms with E-state index in [0.29, 0.717) is 11.5 Å². The number of hydrogen-bond donors (Lipinski definition) is 1. The largest absolute Gasteiger partial charge is 0.463 e. The van der Waals surface area contributed by atoms with E-state index in [1.54, 1.807) is 25.1 Å². The van der Waals surface area contributed by atoms with Crippen molar-refractivity contribution in [3.8, 4) is 11.5 Å². The average molecular weight is 337 g/mol. The van der Waals surface area contributed by atoms with Gasteiger partial charge < -0.3 is 9.73 Å². The third-order valence-corrected chi connectivity index (χ3v) is 3.98. The Labute approximate surface area is 145 Å². The third-order valence-electron chi connectivity index (χ3n) is 3.98. The smallest absolute Gasteiger partial charge is 0.267 e. The molecule has 3 aromatic rings. The van der Waals surface area contributed by atoms with Crippen LogP contribution in [0.4, 0.5) is 5.69 Å². The summed E-state index contributed by atoms with van der Waals surface area (Å²) in [6.07, 6.45) is 1.53. The van der Waals surface area contributed by atoms with Crippen molar-refractivity contribution in [1.29, 1.82) is 0 Å². The van der Waals surface area contributed by atoms with E-state index in [1.807, 2.05) is 32.0 Å². The summed E-state index contributed by atoms with van der Waals surface area (Å²) >= 11 is 0. The molecule has 6 heteroatoms. The molecule has 0 aliphatic carbocycles. The van der Waals surface area contributed by atoms with Gasteiger partial charge in [-0.3, -0.25) is 9.59 Å². The van der Waals surface area contributed by atoms with Gasteiger partial charge in [-0.1, -0.05) is 17.7 Å². The number of hydrogen-bond acceptors (Lipinski definition) is 4. The Kier molecular flexibility index (Phi) is 4.52. The van der Waals surface area contributed by atoms with Gasteiger partial charge in [-0.2, -0.15) is 5.10 Å². The minimum atomic E-state index is -0.761. The average Bonchev–Trinajstić information content (AvgIpc) is 3.11. The maximum absolute atomic E-state index is 12.6. The summed E-state index contributed by atoms with van der Waals surface area (Å²) in [4.78, 5) is 24.7. The SMILES string of the molecule is Cc1ccc(NC(=O)C(C)n2nc(-c3ccco3)ccc2=O)c(C)c1. The van der Waals surface area contributed by atoms with E-state index >= 15 is 0 Å². The summed E-state index contributed by atoms with van der Waals surface area (Å²) in [6.45, 7) is 5.55. The number of rotatable bonds is 4. The van der Waals surface area contributed by atoms with Gasteiger partial charge in [0.2, 0.25) is 5.91 Å². The maximum atomic E-state index is 12.6. The fourth-order valence-corrected chi connectivity index (χ4v) is 2.56. The number of anilines is 1. The lowest BCUT2D eigenvalue weighted by Gasteiger charge is -2.16. The van der Waals surface area contributed by atoms with Crippen molar-refractivity contribution in [1.82, 2.24) is 9.78 Å². The molecule has 128 valence electrons. The molecule has 0 bridgehead atoms. The van der Waals surface area contributed by atoms with Gasteiger partial charge in [-0.05, 0) is 50.6 Å². The molecule has 0 aliphatic rings. The predicted molar refractivity (Wildman–Crippen MR) is 95.5 cm³/mol. The summed E-state index contributed by atoms with van der Waals surface area (Å²) in [6, 6.07) is 11.4. The Bertz CT molecular complexity index is 958. The predicted octanol–water partition coefficient (Wildman–Crippen LogP) is 3.32. The van der Waals surface area contributed by atoms with Crippen LogP contribution in [0.2, 0.25) is 0 Å². The first kappa shape index (κ1) is 16.7. The molecule has 0 spiro atoms. The van der Waals surface area contributed by atoms with Gasteiger partial charge in [0.15, 0.2) is 5.76 Å². The zero-order valence-corrected chi connectivity index (χ0v) is 14.3. The standard InChI is InChI=1S/C19H19N3O3/c1-12-6-7-15(13(2)11-12)20-19(24)14(3)22-18(23)9-8-16(21-22)17-5-4-10-25-17/h4-11,14H,1-3H3,(H,20,24). The highest BCUT2D eigenvalue weighted by Crippen LogP contribution is 2.19. The summed E-state index contributed by atoms with van der Waals surface area (Å²) in [5.41, 5.74) is 2.95. The van der Waals surface area contributed by atoms with Gasteiger partial charge in [0.25, 0.3) is 5.56 Å². The highest BCUT2D eigenvalue weighted by Gasteiger charge is 2.19. The molecular weight excluding hydrogens is 318 g/mol. The summed E-state index contributed by atoms with van der Waals surface area (Å²) in [5.74, 6) is 0.230. The van der Waals surface area contributed by atoms with Crippen LogP contribution in [0, 0.1) is 13.8 Å². The van der Waals surface area contributed by atoms with Crippen LogP contribution in [0.15, 0.2) is 57.9 Å². The van der Waals surface area contributed by atoms with Crippen molar-refractivity contribution in [3.05, 3.63) is 70.2 Å². The lowest BCUT2D eigenvalue weighted by atomic mass is 10.1. The zero-order valence-electron chi connectivity index (χ0n) is 14.3. The third kappa shape index (κ3) is 3.52. The van der Waals surface area contributed by atoms with Crippen molar-refractivity contribution >= 4 is 11.6 Å². The molecule has 0 radical (unpaired) electrons. The van der Waals surface area contributed by atoms with Crippen molar-refractivity contribution in [2.24, 2.45) is 0 Å². The summed E-state index contributed by atoms with van der Waals surface area (Å²) < 4.78 is 6.46. The minimum Gasteiger partial charge on any atom is -0.463 e. The van der Waals surface area contributed by atoms with Crippen LogP contribution in [0.25, 0.3) is 11.5 Å². The first-order valence-electron chi connectivity index (χ1n) is 7.97. The number of carbonyl (C=O) groups is 1. The van der Waals surface area contributed by atoms with Gasteiger partial charge in [0.05, 0.1) is 6.26 Å². The highest BCUT2D eigenvalue weighted by atomic mass is 16.3. The highest BCUT2D eigenvalue weighted by molar-refractivity contribution is 5.94. The van der Waals surface area contributed by atoms with Gasteiger partial charge in [-0.15, -0.1) is 0 Å². The minimum absolute atomic E-state index is 0.307. The molecule has 0 fully saturated rings. The summed E-state index contributed by atoms with van der Waals surface area (Å²) in [5, 5.41) is 7.12. The fraction of sp³-hybridized carbons (Fsp3) is 0.211. The molecule has 1 aromatic carbocycles. The number of furan rings is 1. The Balaban J connectivity index is 1.87. The Morgan fingerprint density at radius 3 is 2.68 bits per heavy atom. The quantitative estimate of drug-likeness (QED) is 0.792. The molecule has 1 unspecified atom stereocenters. The van der Waals surface area contributed by atoms with Gasteiger partial charge in [0.1, 0.15) is 11.7 Å². The van der Waals surface area contributed by atoms with E-state index in [1.165, 1.54) is 12.3 Å². The molecule has 1 amide bonds. The summed E-state index contributed by atoms with van der Waals surface area (Å²) in [7, 11) is 0. The molecule has 1 atom stereocenters. The molecule has 6 nitrogen and oxygen atoms in total. The normalized spacial score (nSPS) is 12.0. The number of nitrogens with zero attached hydrogens (tertiary/aromatic N) is 2. The lowest BCUT2D eigenvalue weighted by Crippen LogP contribution is -2.33. The van der Waals surface area contributed by atoms with E-state index in [0.717, 1.165) is 21.5 Å². The second-order valence-electron chi connectivity index (χ2n) is 5.96. The van der Waals surface area contributed by atoms with E-state index < -0.39 is 6.04 Å². The molecule has 25 heavy (non-hydrogen) atoms. The fourth-order valence-electron chi connectivity index (χ4n) is 2.56. The van der Waals surface area contributed by atoms with E-state index in [9.17, 15) is 9.59 Å². The van der Waals surface area contributed by atoms with Crippen LogP contribution in [-0.2, 0) is 4.79 Å². The van der Waals surface area contributed by atoms with Crippen molar-refractivity contribution in [2.75, 3.05) is 5.32 Å². The number of benzene rings is 1.